The van der Waals surface area contributed by atoms with Gasteiger partial charge >= 0.3 is 0 Å². The lowest BCUT2D eigenvalue weighted by molar-refractivity contribution is -0.120. The number of nitrogens with zero attached hydrogens (tertiary/aromatic N) is 1. The molecule has 0 heterocycles. The minimum atomic E-state index is -0.428. The molecule has 5 nitrogen and oxygen atoms in total. The molecule has 1 unspecified atom stereocenters. The van der Waals surface area contributed by atoms with Crippen LogP contribution in [-0.4, -0.2) is 23.0 Å². The minimum absolute atomic E-state index is 0.0248. The molecular formula is C14H21N3O2. The van der Waals surface area contributed by atoms with Crippen molar-refractivity contribution in [2.75, 3.05) is 0 Å². The molecule has 4 N–H and O–H groups in total. The second-order valence-corrected chi connectivity index (χ2v) is 4.66. The average Bonchev–Trinajstić information content (AvgIpc) is 2.39. The summed E-state index contributed by atoms with van der Waals surface area (Å²) in [5, 5.41) is 14.3. The van der Waals surface area contributed by atoms with Gasteiger partial charge in [-0.05, 0) is 31.4 Å². The monoisotopic (exact) mass is 263 g/mol. The second-order valence-electron chi connectivity index (χ2n) is 4.66. The summed E-state index contributed by atoms with van der Waals surface area (Å²) in [5.74, 6) is -0.107. The number of amidine groups is 1. The molecule has 1 atom stereocenters. The molecule has 0 saturated carbocycles. The first kappa shape index (κ1) is 15.0. The zero-order chi connectivity index (χ0) is 14.4. The van der Waals surface area contributed by atoms with Crippen LogP contribution >= 0.6 is 0 Å². The summed E-state index contributed by atoms with van der Waals surface area (Å²) in [6, 6.07) is 5.59. The van der Waals surface area contributed by atoms with E-state index in [4.69, 9.17) is 10.9 Å². The zero-order valence-electron chi connectivity index (χ0n) is 11.6. The lowest BCUT2D eigenvalue weighted by Gasteiger charge is -2.16. The predicted octanol–water partition coefficient (Wildman–Crippen LogP) is 1.49. The normalized spacial score (nSPS) is 13.1. The molecular weight excluding hydrogens is 242 g/mol. The fourth-order valence-electron chi connectivity index (χ4n) is 1.86. The Kier molecular flexibility index (Phi) is 5.36. The van der Waals surface area contributed by atoms with Gasteiger partial charge in [-0.3, -0.25) is 4.79 Å². The molecule has 1 aromatic carbocycles. The van der Waals surface area contributed by atoms with Gasteiger partial charge in [-0.15, -0.1) is 0 Å². The molecule has 0 bridgehead atoms. The van der Waals surface area contributed by atoms with Crippen molar-refractivity contribution in [2.45, 2.75) is 39.7 Å². The first-order chi connectivity index (χ1) is 8.97. The van der Waals surface area contributed by atoms with E-state index in [9.17, 15) is 4.79 Å². The van der Waals surface area contributed by atoms with Crippen LogP contribution in [0.3, 0.4) is 0 Å². The summed E-state index contributed by atoms with van der Waals surface area (Å²) in [6.07, 6.45) is 0.872. The van der Waals surface area contributed by atoms with Crippen molar-refractivity contribution < 1.29 is 10.0 Å². The van der Waals surface area contributed by atoms with E-state index in [1.807, 2.05) is 39.0 Å². The lowest BCUT2D eigenvalue weighted by atomic mass is 10.0. The highest BCUT2D eigenvalue weighted by atomic mass is 16.4. The van der Waals surface area contributed by atoms with E-state index in [2.05, 4.69) is 10.5 Å². The number of oxime groups is 1. The molecule has 1 rings (SSSR count). The van der Waals surface area contributed by atoms with Crippen LogP contribution in [-0.2, 0) is 11.2 Å². The maximum Gasteiger partial charge on any atom is 0.225 e. The smallest absolute Gasteiger partial charge is 0.225 e. The number of hydrogen-bond acceptors (Lipinski definition) is 3. The maximum atomic E-state index is 12.0. The van der Waals surface area contributed by atoms with Crippen LogP contribution in [0.1, 0.15) is 30.0 Å². The predicted molar refractivity (Wildman–Crippen MR) is 75.3 cm³/mol. The van der Waals surface area contributed by atoms with Gasteiger partial charge in [0.05, 0.1) is 12.5 Å². The molecule has 0 fully saturated rings. The van der Waals surface area contributed by atoms with Gasteiger partial charge in [0, 0.05) is 0 Å². The summed E-state index contributed by atoms with van der Waals surface area (Å²) in [7, 11) is 0. The summed E-state index contributed by atoms with van der Waals surface area (Å²) in [6.45, 7) is 5.83. The van der Waals surface area contributed by atoms with Gasteiger partial charge in [0.1, 0.15) is 0 Å². The molecule has 0 spiro atoms. The van der Waals surface area contributed by atoms with Crippen molar-refractivity contribution in [1.82, 2.24) is 5.32 Å². The Bertz CT molecular complexity index is 484. The van der Waals surface area contributed by atoms with Gasteiger partial charge in [0.25, 0.3) is 0 Å². The molecule has 19 heavy (non-hydrogen) atoms. The number of hydrogen-bond donors (Lipinski definition) is 3. The number of rotatable bonds is 5. The Morgan fingerprint density at radius 3 is 2.74 bits per heavy atom. The van der Waals surface area contributed by atoms with E-state index in [-0.39, 0.29) is 11.7 Å². The summed E-state index contributed by atoms with van der Waals surface area (Å²) in [5.41, 5.74) is 8.70. The van der Waals surface area contributed by atoms with Gasteiger partial charge in [0.2, 0.25) is 5.91 Å². The molecule has 0 aromatic heterocycles. The molecule has 5 heteroatoms. The van der Waals surface area contributed by atoms with Gasteiger partial charge in [-0.1, -0.05) is 35.8 Å². The average molecular weight is 263 g/mol. The molecule has 0 saturated heterocycles. The number of amides is 1. The lowest BCUT2D eigenvalue weighted by Crippen LogP contribution is -2.44. The van der Waals surface area contributed by atoms with Crippen LogP contribution in [0.2, 0.25) is 0 Å². The molecule has 0 aliphatic heterocycles. The summed E-state index contributed by atoms with van der Waals surface area (Å²) >= 11 is 0. The minimum Gasteiger partial charge on any atom is -0.409 e. The Hall–Kier alpha value is -2.04. The molecule has 1 amide bonds. The molecule has 0 radical (unpaired) electrons. The Labute approximate surface area is 113 Å². The van der Waals surface area contributed by atoms with E-state index in [0.717, 1.165) is 16.7 Å². The third kappa shape index (κ3) is 4.28. The largest absolute Gasteiger partial charge is 0.409 e. The number of aryl methyl sites for hydroxylation is 2. The SMILES string of the molecule is CCC(NC(=O)Cc1cc(C)ccc1C)C(N)=NO. The number of nitrogens with two attached hydrogens (primary N) is 1. The van der Waals surface area contributed by atoms with Gasteiger partial charge in [0.15, 0.2) is 5.84 Å². The fourth-order valence-corrected chi connectivity index (χ4v) is 1.86. The van der Waals surface area contributed by atoms with E-state index < -0.39 is 6.04 Å². The van der Waals surface area contributed by atoms with E-state index in [1.165, 1.54) is 0 Å². The van der Waals surface area contributed by atoms with Crippen molar-refractivity contribution in [2.24, 2.45) is 10.9 Å². The summed E-state index contributed by atoms with van der Waals surface area (Å²) in [4.78, 5) is 12.0. The quantitative estimate of drug-likeness (QED) is 0.325. The Balaban J connectivity index is 2.72. The van der Waals surface area contributed by atoms with Crippen LogP contribution < -0.4 is 11.1 Å². The number of carbonyl (C=O) groups is 1. The van der Waals surface area contributed by atoms with E-state index in [0.29, 0.717) is 12.8 Å². The van der Waals surface area contributed by atoms with Gasteiger partial charge < -0.3 is 16.3 Å². The van der Waals surface area contributed by atoms with Crippen LogP contribution in [0.15, 0.2) is 23.4 Å². The van der Waals surface area contributed by atoms with Crippen molar-refractivity contribution >= 4 is 11.7 Å². The highest BCUT2D eigenvalue weighted by Crippen LogP contribution is 2.11. The van der Waals surface area contributed by atoms with Crippen molar-refractivity contribution in [3.05, 3.63) is 34.9 Å². The maximum absolute atomic E-state index is 12.0. The van der Waals surface area contributed by atoms with Crippen LogP contribution in [0.5, 0.6) is 0 Å². The molecule has 1 aromatic rings. The van der Waals surface area contributed by atoms with Crippen LogP contribution in [0.25, 0.3) is 0 Å². The zero-order valence-corrected chi connectivity index (χ0v) is 11.6. The van der Waals surface area contributed by atoms with Gasteiger partial charge in [-0.2, -0.15) is 0 Å². The molecule has 104 valence electrons. The Morgan fingerprint density at radius 1 is 1.47 bits per heavy atom. The Morgan fingerprint density at radius 2 is 2.16 bits per heavy atom. The topological polar surface area (TPSA) is 87.7 Å². The number of benzene rings is 1. The van der Waals surface area contributed by atoms with Crippen molar-refractivity contribution in [3.63, 3.8) is 0 Å². The molecule has 0 aliphatic carbocycles. The third-order valence-electron chi connectivity index (χ3n) is 3.07. The molecule has 0 aliphatic rings. The standard InChI is InChI=1S/C14H21N3O2/c1-4-12(14(15)17-19)16-13(18)8-11-7-9(2)5-6-10(11)3/h5-7,12,19H,4,8H2,1-3H3,(H2,15,17)(H,16,18). The van der Waals surface area contributed by atoms with Crippen LogP contribution in [0.4, 0.5) is 0 Å². The highest BCUT2D eigenvalue weighted by molar-refractivity contribution is 5.90. The van der Waals surface area contributed by atoms with Crippen LogP contribution in [0, 0.1) is 13.8 Å². The first-order valence-corrected chi connectivity index (χ1v) is 6.30. The van der Waals surface area contributed by atoms with E-state index in [1.54, 1.807) is 0 Å². The second kappa shape index (κ2) is 6.78. The fraction of sp³-hybridized carbons (Fsp3) is 0.429. The number of carbonyl (C=O) groups excluding carboxylic acids is 1. The summed E-state index contributed by atoms with van der Waals surface area (Å²) < 4.78 is 0. The van der Waals surface area contributed by atoms with Gasteiger partial charge in [-0.25, -0.2) is 0 Å². The highest BCUT2D eigenvalue weighted by Gasteiger charge is 2.15. The van der Waals surface area contributed by atoms with Crippen molar-refractivity contribution in [1.29, 1.82) is 0 Å². The first-order valence-electron chi connectivity index (χ1n) is 6.30. The van der Waals surface area contributed by atoms with E-state index >= 15 is 0 Å². The van der Waals surface area contributed by atoms with Crippen molar-refractivity contribution in [3.8, 4) is 0 Å². The number of nitrogens with one attached hydrogen (secondary N) is 1. The third-order valence-corrected chi connectivity index (χ3v) is 3.07.